The largest absolute Gasteiger partial charge is 0.300 e. The summed E-state index contributed by atoms with van der Waals surface area (Å²) in [7, 11) is 0. The second kappa shape index (κ2) is 4.31. The fourth-order valence-electron chi connectivity index (χ4n) is 1.37. The maximum absolute atomic E-state index is 11.6. The molecule has 1 aromatic carbocycles. The van der Waals surface area contributed by atoms with E-state index in [9.17, 15) is 14.9 Å². The fourth-order valence-corrected chi connectivity index (χ4v) is 2.49. The Morgan fingerprint density at radius 2 is 2.31 bits per heavy atom. The van der Waals surface area contributed by atoms with Gasteiger partial charge in [0.2, 0.25) is 0 Å². The highest BCUT2D eigenvalue weighted by atomic mass is 35.5. The van der Waals surface area contributed by atoms with E-state index in [-0.39, 0.29) is 11.6 Å². The lowest BCUT2D eigenvalue weighted by molar-refractivity contribution is -0.384. The van der Waals surface area contributed by atoms with Gasteiger partial charge in [-0.25, -0.2) is 0 Å². The molecule has 84 valence electrons. The number of halogens is 1. The van der Waals surface area contributed by atoms with E-state index in [1.807, 2.05) is 0 Å². The van der Waals surface area contributed by atoms with Crippen LogP contribution < -0.4 is 4.90 Å². The number of benzene rings is 1. The minimum atomic E-state index is -0.598. The summed E-state index contributed by atoms with van der Waals surface area (Å²) in [5, 5.41) is 10.6. The van der Waals surface area contributed by atoms with Gasteiger partial charge in [-0.15, -0.1) is 23.4 Å². The number of alkyl halides is 1. The molecule has 1 fully saturated rings. The third kappa shape index (κ3) is 1.98. The molecule has 0 aromatic heterocycles. The van der Waals surface area contributed by atoms with Crippen LogP contribution in [-0.4, -0.2) is 21.4 Å². The lowest BCUT2D eigenvalue weighted by atomic mass is 10.2. The van der Waals surface area contributed by atoms with Gasteiger partial charge in [-0.2, -0.15) is 0 Å². The summed E-state index contributed by atoms with van der Waals surface area (Å²) in [6, 6.07) is 5.95. The van der Waals surface area contributed by atoms with Crippen LogP contribution in [-0.2, 0) is 4.79 Å². The summed E-state index contributed by atoms with van der Waals surface area (Å²) < 4.78 is -0.598. The summed E-state index contributed by atoms with van der Waals surface area (Å²) in [5.41, 5.74) is 0.475. The monoisotopic (exact) mass is 258 g/mol. The molecule has 0 saturated carbocycles. The maximum atomic E-state index is 11.6. The van der Waals surface area contributed by atoms with Crippen LogP contribution >= 0.6 is 23.4 Å². The van der Waals surface area contributed by atoms with Crippen LogP contribution in [0.25, 0.3) is 0 Å². The van der Waals surface area contributed by atoms with Gasteiger partial charge in [0.15, 0.2) is 4.71 Å². The van der Waals surface area contributed by atoms with Crippen LogP contribution in [0.1, 0.15) is 0 Å². The number of hydrogen-bond donors (Lipinski definition) is 0. The van der Waals surface area contributed by atoms with Crippen molar-refractivity contribution in [2.45, 2.75) is 4.71 Å². The van der Waals surface area contributed by atoms with Crippen molar-refractivity contribution in [2.75, 3.05) is 10.8 Å². The molecule has 1 aliphatic rings. The van der Waals surface area contributed by atoms with E-state index >= 15 is 0 Å². The molecular weight excluding hydrogens is 252 g/mol. The van der Waals surface area contributed by atoms with Gasteiger partial charge >= 0.3 is 0 Å². The number of anilines is 1. The smallest absolute Gasteiger partial charge is 0.271 e. The first-order valence-corrected chi connectivity index (χ1v) is 5.89. The average molecular weight is 259 g/mol. The first kappa shape index (κ1) is 11.2. The molecule has 7 heteroatoms. The van der Waals surface area contributed by atoms with E-state index in [2.05, 4.69) is 0 Å². The molecule has 2 rings (SSSR count). The Kier molecular flexibility index (Phi) is 3.02. The molecule has 1 unspecified atom stereocenters. The van der Waals surface area contributed by atoms with Crippen molar-refractivity contribution < 1.29 is 9.72 Å². The van der Waals surface area contributed by atoms with Gasteiger partial charge in [0.05, 0.1) is 16.5 Å². The molecule has 0 radical (unpaired) electrons. The van der Waals surface area contributed by atoms with Crippen LogP contribution in [0.2, 0.25) is 0 Å². The lowest BCUT2D eigenvalue weighted by Gasteiger charge is -2.14. The summed E-state index contributed by atoms with van der Waals surface area (Å²) in [6.45, 7) is 0. The molecule has 0 aliphatic carbocycles. The topological polar surface area (TPSA) is 63.5 Å². The zero-order valence-corrected chi connectivity index (χ0v) is 9.57. The van der Waals surface area contributed by atoms with Crippen molar-refractivity contribution in [1.29, 1.82) is 0 Å². The molecule has 1 amide bonds. The Bertz CT molecular complexity index is 454. The SMILES string of the molecule is O=C1C(Cl)SCN1c1cccc([N+](=O)[O-])c1. The number of hydrogen-bond acceptors (Lipinski definition) is 4. The van der Waals surface area contributed by atoms with E-state index in [4.69, 9.17) is 11.6 Å². The standard InChI is InChI=1S/C9H7ClN2O3S/c10-8-9(13)11(5-16-8)6-2-1-3-7(4-6)12(14)15/h1-4,8H,5H2. The van der Waals surface area contributed by atoms with Crippen molar-refractivity contribution >= 4 is 40.6 Å². The second-order valence-corrected chi connectivity index (χ2v) is 4.91. The minimum Gasteiger partial charge on any atom is -0.300 e. The molecular formula is C9H7ClN2O3S. The number of amides is 1. The van der Waals surface area contributed by atoms with Crippen LogP contribution in [0.3, 0.4) is 0 Å². The zero-order chi connectivity index (χ0) is 11.7. The van der Waals surface area contributed by atoms with Crippen LogP contribution in [0, 0.1) is 10.1 Å². The highest BCUT2D eigenvalue weighted by Crippen LogP contribution is 2.32. The molecule has 1 heterocycles. The predicted octanol–water partition coefficient (Wildman–Crippen LogP) is 2.20. The zero-order valence-electron chi connectivity index (χ0n) is 8.00. The van der Waals surface area contributed by atoms with Gasteiger partial charge < -0.3 is 4.90 Å². The number of nitro groups is 1. The Hall–Kier alpha value is -1.27. The van der Waals surface area contributed by atoms with E-state index < -0.39 is 9.63 Å². The van der Waals surface area contributed by atoms with Gasteiger partial charge in [-0.1, -0.05) is 6.07 Å². The lowest BCUT2D eigenvalue weighted by Crippen LogP contribution is -2.27. The van der Waals surface area contributed by atoms with E-state index in [1.165, 1.54) is 28.8 Å². The maximum Gasteiger partial charge on any atom is 0.271 e. The highest BCUT2D eigenvalue weighted by Gasteiger charge is 2.32. The average Bonchev–Trinajstić information content (AvgIpc) is 2.60. The van der Waals surface area contributed by atoms with Gasteiger partial charge in [0, 0.05) is 12.1 Å². The van der Waals surface area contributed by atoms with Crippen LogP contribution in [0.4, 0.5) is 11.4 Å². The van der Waals surface area contributed by atoms with Crippen molar-refractivity contribution in [3.05, 3.63) is 34.4 Å². The summed E-state index contributed by atoms with van der Waals surface area (Å²) in [6.07, 6.45) is 0. The second-order valence-electron chi connectivity index (χ2n) is 3.16. The first-order valence-electron chi connectivity index (χ1n) is 4.41. The van der Waals surface area contributed by atoms with E-state index in [0.29, 0.717) is 11.6 Å². The number of non-ortho nitro benzene ring substituents is 1. The Balaban J connectivity index is 2.31. The van der Waals surface area contributed by atoms with Gasteiger partial charge in [0.1, 0.15) is 0 Å². The fraction of sp³-hybridized carbons (Fsp3) is 0.222. The summed E-state index contributed by atoms with van der Waals surface area (Å²) in [5.74, 6) is 0.195. The normalized spacial score (nSPS) is 20.2. The van der Waals surface area contributed by atoms with Crippen molar-refractivity contribution in [3.63, 3.8) is 0 Å². The number of rotatable bonds is 2. The number of thioether (sulfide) groups is 1. The molecule has 0 bridgehead atoms. The summed E-state index contributed by atoms with van der Waals surface area (Å²) in [4.78, 5) is 23.1. The molecule has 1 saturated heterocycles. The van der Waals surface area contributed by atoms with Gasteiger partial charge in [0.25, 0.3) is 11.6 Å². The van der Waals surface area contributed by atoms with Crippen molar-refractivity contribution in [1.82, 2.24) is 0 Å². The van der Waals surface area contributed by atoms with Crippen LogP contribution in [0.5, 0.6) is 0 Å². The molecule has 1 atom stereocenters. The first-order chi connectivity index (χ1) is 7.59. The van der Waals surface area contributed by atoms with Crippen molar-refractivity contribution in [3.8, 4) is 0 Å². The van der Waals surface area contributed by atoms with Gasteiger partial charge in [-0.05, 0) is 6.07 Å². The highest BCUT2D eigenvalue weighted by molar-refractivity contribution is 8.02. The Labute approximate surface area is 101 Å². The Morgan fingerprint density at radius 3 is 2.88 bits per heavy atom. The summed E-state index contributed by atoms with van der Waals surface area (Å²) >= 11 is 7.04. The molecule has 1 aromatic rings. The predicted molar refractivity (Wildman–Crippen MR) is 62.7 cm³/mol. The van der Waals surface area contributed by atoms with Gasteiger partial charge in [-0.3, -0.25) is 14.9 Å². The molecule has 5 nitrogen and oxygen atoms in total. The number of nitrogens with zero attached hydrogens (tertiary/aromatic N) is 2. The van der Waals surface area contributed by atoms with Crippen LogP contribution in [0.15, 0.2) is 24.3 Å². The van der Waals surface area contributed by atoms with E-state index in [0.717, 1.165) is 0 Å². The third-order valence-electron chi connectivity index (χ3n) is 2.16. The molecule has 0 spiro atoms. The number of carbonyl (C=O) groups is 1. The molecule has 16 heavy (non-hydrogen) atoms. The number of carbonyl (C=O) groups excluding carboxylic acids is 1. The third-order valence-corrected chi connectivity index (χ3v) is 3.63. The Morgan fingerprint density at radius 1 is 1.56 bits per heavy atom. The molecule has 1 aliphatic heterocycles. The minimum absolute atomic E-state index is 0.0340. The molecule has 0 N–H and O–H groups in total. The number of nitro benzene ring substituents is 1. The quantitative estimate of drug-likeness (QED) is 0.463. The van der Waals surface area contributed by atoms with Crippen molar-refractivity contribution in [2.24, 2.45) is 0 Å². The van der Waals surface area contributed by atoms with E-state index in [1.54, 1.807) is 12.1 Å².